The molecule has 0 bridgehead atoms. The molecule has 0 atom stereocenters. The van der Waals surface area contributed by atoms with Crippen LogP contribution < -0.4 is 4.80 Å². The van der Waals surface area contributed by atoms with Crippen LogP contribution in [-0.2, 0) is 14.8 Å². The van der Waals surface area contributed by atoms with E-state index in [1.165, 1.54) is 15.6 Å². The van der Waals surface area contributed by atoms with Crippen molar-refractivity contribution < 1.29 is 17.6 Å². The molecule has 0 N–H and O–H groups in total. The van der Waals surface area contributed by atoms with Crippen LogP contribution in [0.5, 0.6) is 0 Å². The van der Waals surface area contributed by atoms with Crippen LogP contribution in [0.4, 0.5) is 5.69 Å². The fourth-order valence-corrected chi connectivity index (χ4v) is 5.05. The fraction of sp³-hybridized carbons (Fsp3) is 0.263. The van der Waals surface area contributed by atoms with Crippen molar-refractivity contribution in [2.45, 2.75) is 11.8 Å². The largest absolute Gasteiger partial charge is 0.463 e. The number of rotatable bonds is 5. The van der Waals surface area contributed by atoms with E-state index >= 15 is 0 Å². The van der Waals surface area contributed by atoms with Crippen LogP contribution in [0.2, 0.25) is 0 Å². The number of ether oxygens (including phenoxy) is 1. The monoisotopic (exact) mass is 432 g/mol. The van der Waals surface area contributed by atoms with Crippen molar-refractivity contribution in [1.29, 1.82) is 0 Å². The third-order valence-electron chi connectivity index (χ3n) is 4.36. The topological polar surface area (TPSA) is 89.4 Å². The summed E-state index contributed by atoms with van der Waals surface area (Å²) in [6.07, 6.45) is 3.21. The van der Waals surface area contributed by atoms with Crippen molar-refractivity contribution in [3.63, 3.8) is 0 Å². The van der Waals surface area contributed by atoms with Crippen molar-refractivity contribution >= 4 is 33.3 Å². The average molecular weight is 433 g/mol. The molecule has 4 rings (SSSR count). The summed E-state index contributed by atoms with van der Waals surface area (Å²) < 4.78 is 39.1. The maximum Gasteiger partial charge on any atom is 0.243 e. The van der Waals surface area contributed by atoms with Crippen LogP contribution in [0.3, 0.4) is 0 Å². The normalized spacial score (nSPS) is 16.7. The molecule has 10 heteroatoms. The summed E-state index contributed by atoms with van der Waals surface area (Å²) in [5.74, 6) is 0.645. The van der Waals surface area contributed by atoms with Gasteiger partial charge in [-0.15, -0.1) is 11.3 Å². The Morgan fingerprint density at radius 1 is 1.14 bits per heavy atom. The summed E-state index contributed by atoms with van der Waals surface area (Å²) >= 11 is 1.45. The number of nitrogens with zero attached hydrogens (tertiary/aromatic N) is 4. The van der Waals surface area contributed by atoms with Gasteiger partial charge in [-0.25, -0.2) is 18.1 Å². The van der Waals surface area contributed by atoms with E-state index in [0.717, 1.165) is 5.69 Å². The fourth-order valence-electron chi connectivity index (χ4n) is 2.82. The predicted octanol–water partition coefficient (Wildman–Crippen LogP) is 2.59. The highest BCUT2D eigenvalue weighted by atomic mass is 32.2. The minimum absolute atomic E-state index is 0.254. The first-order valence-electron chi connectivity index (χ1n) is 9.02. The van der Waals surface area contributed by atoms with Gasteiger partial charge in [0, 0.05) is 18.5 Å². The molecule has 0 spiro atoms. The van der Waals surface area contributed by atoms with Crippen LogP contribution in [0.15, 0.2) is 67.4 Å². The molecule has 0 amide bonds. The van der Waals surface area contributed by atoms with Gasteiger partial charge in [0.25, 0.3) is 0 Å². The second-order valence-corrected chi connectivity index (χ2v) is 9.13. The van der Waals surface area contributed by atoms with Crippen LogP contribution in [0.25, 0.3) is 0 Å². The smallest absolute Gasteiger partial charge is 0.243 e. The van der Waals surface area contributed by atoms with E-state index in [4.69, 9.17) is 9.15 Å². The average Bonchev–Trinajstić information content (AvgIpc) is 3.38. The van der Waals surface area contributed by atoms with Crippen LogP contribution in [-0.4, -0.2) is 49.9 Å². The molecule has 8 nitrogen and oxygen atoms in total. The highest BCUT2D eigenvalue weighted by molar-refractivity contribution is 7.89. The van der Waals surface area contributed by atoms with E-state index in [1.54, 1.807) is 47.5 Å². The summed E-state index contributed by atoms with van der Waals surface area (Å²) in [5, 5.41) is 6.38. The maximum atomic E-state index is 12.7. The molecule has 3 aromatic rings. The van der Waals surface area contributed by atoms with Crippen molar-refractivity contribution in [2.75, 3.05) is 26.3 Å². The number of aryl methyl sites for hydroxylation is 1. The summed E-state index contributed by atoms with van der Waals surface area (Å²) in [7, 11) is -3.51. The molecular formula is C19H20N4O4S2. The number of hydrogen-bond acceptors (Lipinski definition) is 7. The third-order valence-corrected chi connectivity index (χ3v) is 7.21. The quantitative estimate of drug-likeness (QED) is 0.580. The SMILES string of the molecule is Cc1csc(=Nc2ccc(S(=O)(=O)N3CCOCC3)cc2)n1N=Cc1ccco1. The summed E-state index contributed by atoms with van der Waals surface area (Å²) in [6.45, 7) is 3.52. The van der Waals surface area contributed by atoms with Gasteiger partial charge >= 0.3 is 0 Å². The minimum atomic E-state index is -3.51. The number of furan rings is 1. The number of benzene rings is 1. The van der Waals surface area contributed by atoms with Crippen LogP contribution >= 0.6 is 11.3 Å². The predicted molar refractivity (Wildman–Crippen MR) is 110 cm³/mol. The number of sulfonamides is 1. The zero-order valence-electron chi connectivity index (χ0n) is 15.8. The Kier molecular flexibility index (Phi) is 5.76. The van der Waals surface area contributed by atoms with Gasteiger partial charge in [-0.1, -0.05) is 0 Å². The van der Waals surface area contributed by atoms with Gasteiger partial charge in [0.2, 0.25) is 14.8 Å². The van der Waals surface area contributed by atoms with Gasteiger partial charge < -0.3 is 9.15 Å². The van der Waals surface area contributed by atoms with E-state index in [2.05, 4.69) is 10.1 Å². The van der Waals surface area contributed by atoms with Crippen LogP contribution in [0.1, 0.15) is 11.5 Å². The van der Waals surface area contributed by atoms with E-state index in [1.807, 2.05) is 18.4 Å². The second kappa shape index (κ2) is 8.46. The lowest BCUT2D eigenvalue weighted by atomic mass is 10.3. The standard InChI is InChI=1S/C19H20N4O4S2/c1-15-14-28-19(23(15)20-13-17-3-2-10-27-17)21-16-4-6-18(7-5-16)29(24,25)22-8-11-26-12-9-22/h2-7,10,13-14H,8-9,11-12H2,1H3. The van der Waals surface area contributed by atoms with Gasteiger partial charge in [0.05, 0.1) is 42.0 Å². The van der Waals surface area contributed by atoms with E-state index in [-0.39, 0.29) is 4.90 Å². The Hall–Kier alpha value is -2.53. The van der Waals surface area contributed by atoms with Crippen molar-refractivity contribution in [3.05, 3.63) is 64.3 Å². The van der Waals surface area contributed by atoms with Gasteiger partial charge in [-0.2, -0.15) is 9.41 Å². The molecular weight excluding hydrogens is 412 g/mol. The third kappa shape index (κ3) is 4.40. The van der Waals surface area contributed by atoms with Gasteiger partial charge in [-0.3, -0.25) is 0 Å². The zero-order valence-corrected chi connectivity index (χ0v) is 17.4. The first-order chi connectivity index (χ1) is 14.0. The molecule has 29 heavy (non-hydrogen) atoms. The highest BCUT2D eigenvalue weighted by Gasteiger charge is 2.26. The van der Waals surface area contributed by atoms with Gasteiger partial charge in [0.15, 0.2) is 0 Å². The molecule has 1 fully saturated rings. The number of aromatic nitrogens is 1. The molecule has 0 saturated carbocycles. The summed E-state index contributed by atoms with van der Waals surface area (Å²) in [6, 6.07) is 10.2. The van der Waals surface area contributed by atoms with Crippen molar-refractivity contribution in [2.24, 2.45) is 10.1 Å². The second-order valence-electron chi connectivity index (χ2n) is 6.35. The van der Waals surface area contributed by atoms with E-state index in [0.29, 0.717) is 42.6 Å². The molecule has 1 aliphatic heterocycles. The number of hydrogen-bond donors (Lipinski definition) is 0. The van der Waals surface area contributed by atoms with Gasteiger partial charge in [-0.05, 0) is 43.3 Å². The van der Waals surface area contributed by atoms with Gasteiger partial charge in [0.1, 0.15) is 5.76 Å². The Morgan fingerprint density at radius 3 is 2.59 bits per heavy atom. The Bertz CT molecular complexity index is 1150. The van der Waals surface area contributed by atoms with Crippen molar-refractivity contribution in [1.82, 2.24) is 8.98 Å². The molecule has 1 aromatic carbocycles. The lowest BCUT2D eigenvalue weighted by Crippen LogP contribution is -2.40. The van der Waals surface area contributed by atoms with E-state index in [9.17, 15) is 8.42 Å². The molecule has 2 aromatic heterocycles. The number of morpholine rings is 1. The minimum Gasteiger partial charge on any atom is -0.463 e. The molecule has 0 unspecified atom stereocenters. The summed E-state index contributed by atoms with van der Waals surface area (Å²) in [4.78, 5) is 5.54. The first-order valence-corrected chi connectivity index (χ1v) is 11.3. The van der Waals surface area contributed by atoms with Crippen LogP contribution in [0, 0.1) is 6.92 Å². The zero-order chi connectivity index (χ0) is 20.3. The Balaban J connectivity index is 1.60. The maximum absolute atomic E-state index is 12.7. The first kappa shape index (κ1) is 19.8. The molecule has 0 aliphatic carbocycles. The Morgan fingerprint density at radius 2 is 1.90 bits per heavy atom. The highest BCUT2D eigenvalue weighted by Crippen LogP contribution is 2.20. The Labute approximate surface area is 172 Å². The number of thiazole rings is 1. The molecule has 0 radical (unpaired) electrons. The summed E-state index contributed by atoms with van der Waals surface area (Å²) in [5.41, 5.74) is 1.58. The molecule has 3 heterocycles. The molecule has 1 saturated heterocycles. The lowest BCUT2D eigenvalue weighted by Gasteiger charge is -2.26. The van der Waals surface area contributed by atoms with Crippen molar-refractivity contribution in [3.8, 4) is 0 Å². The van der Waals surface area contributed by atoms with E-state index < -0.39 is 10.0 Å². The lowest BCUT2D eigenvalue weighted by molar-refractivity contribution is 0.0730. The molecule has 152 valence electrons. The molecule has 1 aliphatic rings.